The van der Waals surface area contributed by atoms with Crippen LogP contribution in [0, 0.1) is 0 Å². The number of nitrogens with one attached hydrogen (secondary N) is 1. The van der Waals surface area contributed by atoms with Crippen molar-refractivity contribution in [1.29, 1.82) is 0 Å². The number of aromatic nitrogens is 1. The molecule has 2 aromatic carbocycles. The molecule has 0 aliphatic carbocycles. The Morgan fingerprint density at radius 3 is 2.55 bits per heavy atom. The maximum Gasteiger partial charge on any atom is 0.251 e. The lowest BCUT2D eigenvalue weighted by Gasteiger charge is -2.02. The van der Waals surface area contributed by atoms with Crippen molar-refractivity contribution in [1.82, 2.24) is 10.5 Å². The third-order valence-electron chi connectivity index (χ3n) is 3.16. The summed E-state index contributed by atoms with van der Waals surface area (Å²) in [4.78, 5) is 12.0. The van der Waals surface area contributed by atoms with Crippen molar-refractivity contribution in [3.05, 3.63) is 77.0 Å². The molecule has 0 unspecified atom stereocenters. The molecule has 1 amide bonds. The van der Waals surface area contributed by atoms with Crippen molar-refractivity contribution in [2.45, 2.75) is 6.54 Å². The molecule has 3 rings (SSSR count). The van der Waals surface area contributed by atoms with E-state index in [0.717, 1.165) is 11.3 Å². The Kier molecular flexibility index (Phi) is 4.21. The fourth-order valence-electron chi connectivity index (χ4n) is 2.01. The van der Waals surface area contributed by atoms with Gasteiger partial charge in [-0.25, -0.2) is 0 Å². The second-order valence-corrected chi connectivity index (χ2v) is 5.17. The van der Waals surface area contributed by atoms with Crippen LogP contribution in [0.5, 0.6) is 0 Å². The third kappa shape index (κ3) is 3.35. The predicted molar refractivity (Wildman–Crippen MR) is 84.6 cm³/mol. The molecule has 1 N–H and O–H groups in total. The Labute approximate surface area is 132 Å². The van der Waals surface area contributed by atoms with Gasteiger partial charge in [0.25, 0.3) is 5.91 Å². The van der Waals surface area contributed by atoms with Gasteiger partial charge in [-0.15, -0.1) is 0 Å². The van der Waals surface area contributed by atoms with Crippen molar-refractivity contribution < 1.29 is 9.32 Å². The van der Waals surface area contributed by atoms with E-state index in [9.17, 15) is 4.79 Å². The first-order chi connectivity index (χ1) is 10.7. The molecule has 0 radical (unpaired) electrons. The molecule has 0 saturated heterocycles. The molecule has 0 atom stereocenters. The van der Waals surface area contributed by atoms with Crippen LogP contribution in [-0.4, -0.2) is 11.1 Å². The summed E-state index contributed by atoms with van der Waals surface area (Å²) in [5.41, 5.74) is 2.27. The Morgan fingerprint density at radius 2 is 1.82 bits per heavy atom. The van der Waals surface area contributed by atoms with Crippen LogP contribution in [0.2, 0.25) is 5.02 Å². The highest BCUT2D eigenvalue weighted by atomic mass is 35.5. The van der Waals surface area contributed by atoms with Crippen molar-refractivity contribution >= 4 is 17.5 Å². The Balaban J connectivity index is 1.64. The van der Waals surface area contributed by atoms with Gasteiger partial charge in [-0.05, 0) is 24.3 Å². The molecular formula is C17H13ClN2O2. The largest absolute Gasteiger partial charge is 0.359 e. The molecule has 22 heavy (non-hydrogen) atoms. The quantitative estimate of drug-likeness (QED) is 0.794. The van der Waals surface area contributed by atoms with E-state index in [1.807, 2.05) is 36.4 Å². The van der Waals surface area contributed by atoms with Crippen LogP contribution >= 0.6 is 11.6 Å². The molecule has 1 heterocycles. The van der Waals surface area contributed by atoms with Crippen LogP contribution in [0.15, 0.2) is 65.2 Å². The Hall–Kier alpha value is -2.59. The number of carbonyl (C=O) groups is 1. The van der Waals surface area contributed by atoms with Gasteiger partial charge >= 0.3 is 0 Å². The van der Waals surface area contributed by atoms with E-state index in [1.54, 1.807) is 24.3 Å². The molecule has 0 fully saturated rings. The number of hydrogen-bond donors (Lipinski definition) is 1. The SMILES string of the molecule is O=C(NCc1cc(-c2ccccc2)no1)c1ccc(Cl)cc1. The zero-order chi connectivity index (χ0) is 15.4. The molecular weight excluding hydrogens is 300 g/mol. The second-order valence-electron chi connectivity index (χ2n) is 4.73. The first-order valence-electron chi connectivity index (χ1n) is 6.77. The summed E-state index contributed by atoms with van der Waals surface area (Å²) in [7, 11) is 0. The van der Waals surface area contributed by atoms with Gasteiger partial charge in [0.05, 0.1) is 6.54 Å². The summed E-state index contributed by atoms with van der Waals surface area (Å²) in [5.74, 6) is 0.412. The lowest BCUT2D eigenvalue weighted by molar-refractivity contribution is 0.0947. The average molecular weight is 313 g/mol. The van der Waals surface area contributed by atoms with Gasteiger partial charge in [-0.3, -0.25) is 4.79 Å². The Bertz CT molecular complexity index is 767. The van der Waals surface area contributed by atoms with Gasteiger partial charge in [-0.2, -0.15) is 0 Å². The Morgan fingerprint density at radius 1 is 1.09 bits per heavy atom. The highest BCUT2D eigenvalue weighted by Crippen LogP contribution is 2.18. The van der Waals surface area contributed by atoms with E-state index in [4.69, 9.17) is 16.1 Å². The van der Waals surface area contributed by atoms with Crippen LogP contribution in [0.25, 0.3) is 11.3 Å². The number of hydrogen-bond acceptors (Lipinski definition) is 3. The van der Waals surface area contributed by atoms with Crippen LogP contribution in [0.3, 0.4) is 0 Å². The van der Waals surface area contributed by atoms with E-state index in [0.29, 0.717) is 16.3 Å². The van der Waals surface area contributed by atoms with E-state index in [-0.39, 0.29) is 12.5 Å². The van der Waals surface area contributed by atoms with E-state index in [2.05, 4.69) is 10.5 Å². The summed E-state index contributed by atoms with van der Waals surface area (Å²) in [6, 6.07) is 18.2. The van der Waals surface area contributed by atoms with Crippen molar-refractivity contribution in [2.24, 2.45) is 0 Å². The molecule has 4 nitrogen and oxygen atoms in total. The minimum atomic E-state index is -0.186. The molecule has 0 aliphatic heterocycles. The van der Waals surface area contributed by atoms with E-state index < -0.39 is 0 Å². The van der Waals surface area contributed by atoms with Gasteiger partial charge in [0, 0.05) is 22.2 Å². The summed E-state index contributed by atoms with van der Waals surface area (Å²) < 4.78 is 5.24. The van der Waals surface area contributed by atoms with Crippen LogP contribution in [0.1, 0.15) is 16.1 Å². The zero-order valence-electron chi connectivity index (χ0n) is 11.6. The number of benzene rings is 2. The molecule has 0 bridgehead atoms. The standard InChI is InChI=1S/C17H13ClN2O2/c18-14-8-6-13(7-9-14)17(21)19-11-15-10-16(20-22-15)12-4-2-1-3-5-12/h1-10H,11H2,(H,19,21). The van der Waals surface area contributed by atoms with Gasteiger partial charge in [-0.1, -0.05) is 47.1 Å². The van der Waals surface area contributed by atoms with Crippen molar-refractivity contribution in [3.63, 3.8) is 0 Å². The monoisotopic (exact) mass is 312 g/mol. The van der Waals surface area contributed by atoms with E-state index in [1.165, 1.54) is 0 Å². The number of carbonyl (C=O) groups excluding carboxylic acids is 1. The van der Waals surface area contributed by atoms with Crippen molar-refractivity contribution in [3.8, 4) is 11.3 Å². The topological polar surface area (TPSA) is 55.1 Å². The average Bonchev–Trinajstić information content (AvgIpc) is 3.03. The fraction of sp³-hybridized carbons (Fsp3) is 0.0588. The highest BCUT2D eigenvalue weighted by Gasteiger charge is 2.09. The molecule has 0 spiro atoms. The smallest absolute Gasteiger partial charge is 0.251 e. The summed E-state index contributed by atoms with van der Waals surface area (Å²) in [6.07, 6.45) is 0. The zero-order valence-corrected chi connectivity index (χ0v) is 12.4. The molecule has 0 aliphatic rings. The predicted octanol–water partition coefficient (Wildman–Crippen LogP) is 3.93. The summed E-state index contributed by atoms with van der Waals surface area (Å²) >= 11 is 5.80. The van der Waals surface area contributed by atoms with Gasteiger partial charge < -0.3 is 9.84 Å². The number of halogens is 1. The summed E-state index contributed by atoms with van der Waals surface area (Å²) in [5, 5.41) is 7.39. The van der Waals surface area contributed by atoms with E-state index >= 15 is 0 Å². The fourth-order valence-corrected chi connectivity index (χ4v) is 2.14. The molecule has 5 heteroatoms. The minimum Gasteiger partial charge on any atom is -0.359 e. The van der Waals surface area contributed by atoms with Gasteiger partial charge in [0.15, 0.2) is 5.76 Å². The highest BCUT2D eigenvalue weighted by molar-refractivity contribution is 6.30. The van der Waals surface area contributed by atoms with Crippen LogP contribution in [0.4, 0.5) is 0 Å². The maximum absolute atomic E-state index is 12.0. The normalized spacial score (nSPS) is 10.4. The third-order valence-corrected chi connectivity index (χ3v) is 3.41. The number of nitrogens with zero attached hydrogens (tertiary/aromatic N) is 1. The van der Waals surface area contributed by atoms with Crippen molar-refractivity contribution in [2.75, 3.05) is 0 Å². The molecule has 110 valence electrons. The minimum absolute atomic E-state index is 0.186. The van der Waals surface area contributed by atoms with Crippen LogP contribution in [-0.2, 0) is 6.54 Å². The molecule has 1 aromatic heterocycles. The number of amides is 1. The first kappa shape index (κ1) is 14.4. The van der Waals surface area contributed by atoms with Crippen LogP contribution < -0.4 is 5.32 Å². The van der Waals surface area contributed by atoms with Gasteiger partial charge in [0.2, 0.25) is 0 Å². The summed E-state index contributed by atoms with van der Waals surface area (Å²) in [6.45, 7) is 0.279. The lowest BCUT2D eigenvalue weighted by Crippen LogP contribution is -2.22. The first-order valence-corrected chi connectivity index (χ1v) is 7.15. The molecule has 0 saturated carbocycles. The lowest BCUT2D eigenvalue weighted by atomic mass is 10.1. The maximum atomic E-state index is 12.0. The molecule has 3 aromatic rings. The number of rotatable bonds is 4. The second kappa shape index (κ2) is 6.45. The van der Waals surface area contributed by atoms with Gasteiger partial charge in [0.1, 0.15) is 5.69 Å².